The molecule has 0 bridgehead atoms. The zero-order chi connectivity index (χ0) is 18.1. The van der Waals surface area contributed by atoms with E-state index in [1.54, 1.807) is 17.9 Å². The molecule has 0 aliphatic rings. The number of hydrogen-bond donors (Lipinski definition) is 0. The lowest BCUT2D eigenvalue weighted by atomic mass is 10.2. The van der Waals surface area contributed by atoms with Gasteiger partial charge < -0.3 is 9.30 Å². The summed E-state index contributed by atoms with van der Waals surface area (Å²) < 4.78 is 10.1. The summed E-state index contributed by atoms with van der Waals surface area (Å²) in [5.74, 6) is 1.21. The van der Waals surface area contributed by atoms with E-state index in [0.29, 0.717) is 30.2 Å². The predicted molar refractivity (Wildman–Crippen MR) is 96.1 cm³/mol. The maximum atomic E-state index is 12.5. The molecule has 0 aliphatic heterocycles. The van der Waals surface area contributed by atoms with Crippen molar-refractivity contribution in [1.82, 2.24) is 18.7 Å². The number of para-hydroxylation sites is 1. The quantitative estimate of drug-likeness (QED) is 0.705. The van der Waals surface area contributed by atoms with Gasteiger partial charge in [-0.3, -0.25) is 13.9 Å². The molecule has 0 amide bonds. The zero-order valence-electron chi connectivity index (χ0n) is 14.9. The summed E-state index contributed by atoms with van der Waals surface area (Å²) in [6, 6.07) is 7.75. The third kappa shape index (κ3) is 3.09. The molecule has 1 aromatic carbocycles. The molecule has 0 radical (unpaired) electrons. The highest BCUT2D eigenvalue weighted by Gasteiger charge is 2.15. The topological polar surface area (TPSA) is 71.1 Å². The van der Waals surface area contributed by atoms with E-state index in [-0.39, 0.29) is 11.2 Å². The fraction of sp³-hybridized carbons (Fsp3) is 0.389. The van der Waals surface area contributed by atoms with Crippen LogP contribution in [0.2, 0.25) is 0 Å². The lowest BCUT2D eigenvalue weighted by Crippen LogP contribution is -2.37. The summed E-state index contributed by atoms with van der Waals surface area (Å²) in [4.78, 5) is 28.8. The van der Waals surface area contributed by atoms with Gasteiger partial charge in [0.1, 0.15) is 5.75 Å². The number of aryl methyl sites for hydroxylation is 1. The first-order chi connectivity index (χ1) is 11.9. The molecule has 0 atom stereocenters. The highest BCUT2D eigenvalue weighted by atomic mass is 16.5. The Morgan fingerprint density at radius 2 is 1.84 bits per heavy atom. The number of nitrogens with zero attached hydrogens (tertiary/aromatic N) is 4. The molecule has 0 unspecified atom stereocenters. The molecule has 0 fully saturated rings. The van der Waals surface area contributed by atoms with E-state index in [4.69, 9.17) is 4.74 Å². The van der Waals surface area contributed by atoms with Crippen molar-refractivity contribution in [2.24, 2.45) is 20.0 Å². The van der Waals surface area contributed by atoms with Crippen LogP contribution in [0.1, 0.15) is 19.4 Å². The highest BCUT2D eigenvalue weighted by molar-refractivity contribution is 5.70. The monoisotopic (exact) mass is 342 g/mol. The number of hydrogen-bond acceptors (Lipinski definition) is 4. The Balaban J connectivity index is 2.06. The van der Waals surface area contributed by atoms with E-state index in [2.05, 4.69) is 18.8 Å². The zero-order valence-corrected chi connectivity index (χ0v) is 14.9. The van der Waals surface area contributed by atoms with E-state index in [9.17, 15) is 9.59 Å². The first kappa shape index (κ1) is 17.0. The minimum absolute atomic E-state index is 0.351. The first-order valence-electron chi connectivity index (χ1n) is 8.21. The van der Waals surface area contributed by atoms with Crippen LogP contribution >= 0.6 is 0 Å². The summed E-state index contributed by atoms with van der Waals surface area (Å²) in [6.07, 6.45) is 1.59. The van der Waals surface area contributed by atoms with Crippen molar-refractivity contribution >= 4 is 11.2 Å². The number of rotatable bonds is 5. The molecular formula is C18H22N4O3. The Kier molecular flexibility index (Phi) is 4.48. The Morgan fingerprint density at radius 3 is 2.56 bits per heavy atom. The molecule has 3 aromatic rings. The summed E-state index contributed by atoms with van der Waals surface area (Å²) in [5.41, 5.74) is 1.01. The van der Waals surface area contributed by atoms with Crippen molar-refractivity contribution in [2.75, 3.05) is 6.61 Å². The van der Waals surface area contributed by atoms with Gasteiger partial charge in [-0.15, -0.1) is 0 Å². The van der Waals surface area contributed by atoms with E-state index in [0.717, 1.165) is 15.9 Å². The lowest BCUT2D eigenvalue weighted by molar-refractivity contribution is 0.268. The van der Waals surface area contributed by atoms with Crippen LogP contribution in [-0.4, -0.2) is 25.3 Å². The third-order valence-electron chi connectivity index (χ3n) is 4.10. The van der Waals surface area contributed by atoms with E-state index < -0.39 is 0 Å². The molecule has 7 nitrogen and oxygen atoms in total. The Labute approximate surface area is 145 Å². The second-order valence-electron chi connectivity index (χ2n) is 6.56. The standard InChI is InChI=1S/C18H22N4O3/c1-12(2)10-25-14-8-6-5-7-13(14)9-22-11-19-16-15(22)17(23)21(4)18(24)20(16)3/h5-8,11-12H,9-10H2,1-4H3. The summed E-state index contributed by atoms with van der Waals surface area (Å²) in [5, 5.41) is 0. The SMILES string of the molecule is CC(C)COc1ccccc1Cn1cnc2c1c(=O)n(C)c(=O)n2C. The number of imidazole rings is 1. The molecule has 0 saturated heterocycles. The molecule has 2 heterocycles. The first-order valence-corrected chi connectivity index (χ1v) is 8.21. The smallest absolute Gasteiger partial charge is 0.332 e. The molecule has 2 aromatic heterocycles. The second-order valence-corrected chi connectivity index (χ2v) is 6.56. The van der Waals surface area contributed by atoms with E-state index in [1.807, 2.05) is 24.3 Å². The largest absolute Gasteiger partial charge is 0.493 e. The number of aromatic nitrogens is 4. The van der Waals surface area contributed by atoms with E-state index in [1.165, 1.54) is 11.6 Å². The summed E-state index contributed by atoms with van der Waals surface area (Å²) in [6.45, 7) is 5.25. The molecule has 0 aliphatic carbocycles. The maximum Gasteiger partial charge on any atom is 0.332 e. The average Bonchev–Trinajstić information content (AvgIpc) is 3.01. The molecule has 7 heteroatoms. The van der Waals surface area contributed by atoms with E-state index >= 15 is 0 Å². The molecular weight excluding hydrogens is 320 g/mol. The number of ether oxygens (including phenoxy) is 1. The van der Waals surface area contributed by atoms with Crippen molar-refractivity contribution in [3.8, 4) is 5.75 Å². The van der Waals surface area contributed by atoms with Gasteiger partial charge in [0.05, 0.1) is 19.5 Å². The highest BCUT2D eigenvalue weighted by Crippen LogP contribution is 2.21. The maximum absolute atomic E-state index is 12.5. The van der Waals surface area contributed by atoms with Crippen molar-refractivity contribution in [2.45, 2.75) is 20.4 Å². The number of benzene rings is 1. The lowest BCUT2D eigenvalue weighted by Gasteiger charge is -2.14. The average molecular weight is 342 g/mol. The van der Waals surface area contributed by atoms with Crippen LogP contribution in [0.5, 0.6) is 5.75 Å². The van der Waals surface area contributed by atoms with Crippen LogP contribution in [0.4, 0.5) is 0 Å². The molecule has 132 valence electrons. The summed E-state index contributed by atoms with van der Waals surface area (Å²) in [7, 11) is 3.09. The molecule has 0 spiro atoms. The molecule has 0 N–H and O–H groups in total. The van der Waals surface area contributed by atoms with Crippen LogP contribution in [0.3, 0.4) is 0 Å². The van der Waals surface area contributed by atoms with Crippen molar-refractivity contribution in [1.29, 1.82) is 0 Å². The summed E-state index contributed by atoms with van der Waals surface area (Å²) >= 11 is 0. The van der Waals surface area contributed by atoms with Crippen molar-refractivity contribution < 1.29 is 4.74 Å². The second kappa shape index (κ2) is 6.58. The van der Waals surface area contributed by atoms with Gasteiger partial charge in [-0.25, -0.2) is 9.78 Å². The van der Waals surface area contributed by atoms with Gasteiger partial charge in [0.25, 0.3) is 5.56 Å². The Hall–Kier alpha value is -2.83. The van der Waals surface area contributed by atoms with Gasteiger partial charge in [-0.1, -0.05) is 32.0 Å². The molecule has 3 rings (SSSR count). The number of fused-ring (bicyclic) bond motifs is 1. The minimum atomic E-state index is -0.386. The van der Waals surface area contributed by atoms with Gasteiger partial charge in [0, 0.05) is 19.7 Å². The van der Waals surface area contributed by atoms with Crippen molar-refractivity contribution in [3.05, 3.63) is 57.0 Å². The minimum Gasteiger partial charge on any atom is -0.493 e. The Morgan fingerprint density at radius 1 is 1.12 bits per heavy atom. The van der Waals surface area contributed by atoms with Crippen LogP contribution in [0.25, 0.3) is 11.2 Å². The van der Waals surface area contributed by atoms with Crippen LogP contribution in [0.15, 0.2) is 40.2 Å². The third-order valence-corrected chi connectivity index (χ3v) is 4.10. The fourth-order valence-corrected chi connectivity index (χ4v) is 2.73. The fourth-order valence-electron chi connectivity index (χ4n) is 2.73. The van der Waals surface area contributed by atoms with Gasteiger partial charge in [0.15, 0.2) is 11.2 Å². The van der Waals surface area contributed by atoms with Crippen LogP contribution in [-0.2, 0) is 20.6 Å². The van der Waals surface area contributed by atoms with Crippen LogP contribution < -0.4 is 16.0 Å². The van der Waals surface area contributed by atoms with Gasteiger partial charge >= 0.3 is 5.69 Å². The molecule has 0 saturated carbocycles. The van der Waals surface area contributed by atoms with Gasteiger partial charge in [-0.2, -0.15) is 0 Å². The normalized spacial score (nSPS) is 11.4. The van der Waals surface area contributed by atoms with Crippen LogP contribution in [0, 0.1) is 5.92 Å². The molecule has 25 heavy (non-hydrogen) atoms. The Bertz CT molecular complexity index is 1030. The van der Waals surface area contributed by atoms with Gasteiger partial charge in [-0.05, 0) is 12.0 Å². The van der Waals surface area contributed by atoms with Gasteiger partial charge in [0.2, 0.25) is 0 Å². The van der Waals surface area contributed by atoms with Crippen molar-refractivity contribution in [3.63, 3.8) is 0 Å². The predicted octanol–water partition coefficient (Wildman–Crippen LogP) is 1.52.